The molecule has 2 rings (SSSR count). The lowest BCUT2D eigenvalue weighted by atomic mass is 9.95. The normalized spacial score (nSPS) is 23.0. The van der Waals surface area contributed by atoms with E-state index in [9.17, 15) is 0 Å². The third-order valence-electron chi connectivity index (χ3n) is 3.58. The first-order chi connectivity index (χ1) is 8.63. The SMILES string of the molecule is CNC1c2ccccc2OCC1N(C)CC(C)C. The summed E-state index contributed by atoms with van der Waals surface area (Å²) >= 11 is 0. The summed E-state index contributed by atoms with van der Waals surface area (Å²) in [4.78, 5) is 2.40. The van der Waals surface area contributed by atoms with Crippen molar-refractivity contribution >= 4 is 0 Å². The summed E-state index contributed by atoms with van der Waals surface area (Å²) in [6, 6.07) is 9.07. The van der Waals surface area contributed by atoms with Gasteiger partial charge in [0.15, 0.2) is 0 Å². The Labute approximate surface area is 110 Å². The Balaban J connectivity index is 2.20. The van der Waals surface area contributed by atoms with Crippen LogP contribution in [0.3, 0.4) is 0 Å². The van der Waals surface area contributed by atoms with Crippen molar-refractivity contribution in [2.45, 2.75) is 25.9 Å². The Morgan fingerprint density at radius 3 is 2.78 bits per heavy atom. The molecule has 0 bridgehead atoms. The number of nitrogens with one attached hydrogen (secondary N) is 1. The zero-order valence-electron chi connectivity index (χ0n) is 11.8. The quantitative estimate of drug-likeness (QED) is 0.885. The third kappa shape index (κ3) is 2.68. The van der Waals surface area contributed by atoms with Gasteiger partial charge in [0, 0.05) is 12.1 Å². The van der Waals surface area contributed by atoms with Crippen molar-refractivity contribution in [2.75, 3.05) is 27.2 Å². The molecule has 0 fully saturated rings. The number of nitrogens with zero attached hydrogens (tertiary/aromatic N) is 1. The van der Waals surface area contributed by atoms with Crippen LogP contribution in [0.5, 0.6) is 5.75 Å². The van der Waals surface area contributed by atoms with Gasteiger partial charge in [0.25, 0.3) is 0 Å². The van der Waals surface area contributed by atoms with Gasteiger partial charge in [-0.1, -0.05) is 32.0 Å². The predicted octanol–water partition coefficient (Wildman–Crippen LogP) is 2.30. The molecule has 0 aromatic heterocycles. The maximum atomic E-state index is 5.89. The fourth-order valence-corrected chi connectivity index (χ4v) is 2.79. The van der Waals surface area contributed by atoms with Gasteiger partial charge < -0.3 is 10.1 Å². The number of fused-ring (bicyclic) bond motifs is 1. The zero-order chi connectivity index (χ0) is 13.1. The van der Waals surface area contributed by atoms with Crippen molar-refractivity contribution in [3.63, 3.8) is 0 Å². The minimum absolute atomic E-state index is 0.346. The van der Waals surface area contributed by atoms with Gasteiger partial charge in [0.2, 0.25) is 0 Å². The molecule has 0 spiro atoms. The molecule has 1 aliphatic heterocycles. The van der Waals surface area contributed by atoms with Crippen LogP contribution < -0.4 is 10.1 Å². The topological polar surface area (TPSA) is 24.5 Å². The molecule has 1 heterocycles. The predicted molar refractivity (Wildman–Crippen MR) is 75.0 cm³/mol. The van der Waals surface area contributed by atoms with Crippen molar-refractivity contribution in [3.8, 4) is 5.75 Å². The number of likely N-dealkylation sites (N-methyl/N-ethyl adjacent to an activating group) is 2. The van der Waals surface area contributed by atoms with E-state index in [1.807, 2.05) is 13.1 Å². The van der Waals surface area contributed by atoms with Gasteiger partial charge in [-0.3, -0.25) is 4.90 Å². The second-order valence-corrected chi connectivity index (χ2v) is 5.52. The van der Waals surface area contributed by atoms with E-state index in [0.717, 1.165) is 18.9 Å². The van der Waals surface area contributed by atoms with Crippen LogP contribution in [0.25, 0.3) is 0 Å². The maximum Gasteiger partial charge on any atom is 0.124 e. The summed E-state index contributed by atoms with van der Waals surface area (Å²) in [7, 11) is 4.22. The summed E-state index contributed by atoms with van der Waals surface area (Å²) in [5.74, 6) is 1.69. The highest BCUT2D eigenvalue weighted by Gasteiger charge is 2.32. The van der Waals surface area contributed by atoms with Crippen LogP contribution in [-0.2, 0) is 0 Å². The molecule has 2 unspecified atom stereocenters. The van der Waals surface area contributed by atoms with Crippen LogP contribution in [0.15, 0.2) is 24.3 Å². The molecule has 0 saturated heterocycles. The average molecular weight is 248 g/mol. The molecule has 1 N–H and O–H groups in total. The van der Waals surface area contributed by atoms with Crippen molar-refractivity contribution in [2.24, 2.45) is 5.92 Å². The number of rotatable bonds is 4. The van der Waals surface area contributed by atoms with Crippen molar-refractivity contribution < 1.29 is 4.74 Å². The van der Waals surface area contributed by atoms with Crippen LogP contribution in [0.4, 0.5) is 0 Å². The lowest BCUT2D eigenvalue weighted by Crippen LogP contribution is -2.49. The Morgan fingerprint density at radius 1 is 1.39 bits per heavy atom. The number of benzene rings is 1. The monoisotopic (exact) mass is 248 g/mol. The minimum atomic E-state index is 0.346. The maximum absolute atomic E-state index is 5.89. The fourth-order valence-electron chi connectivity index (χ4n) is 2.79. The van der Waals surface area contributed by atoms with Crippen LogP contribution in [0.2, 0.25) is 0 Å². The molecule has 0 aliphatic carbocycles. The van der Waals surface area contributed by atoms with Gasteiger partial charge in [-0.2, -0.15) is 0 Å². The molecule has 3 heteroatoms. The van der Waals surface area contributed by atoms with Crippen molar-refractivity contribution in [1.82, 2.24) is 10.2 Å². The molecule has 1 aromatic carbocycles. The molecular weight excluding hydrogens is 224 g/mol. The summed E-state index contributed by atoms with van der Waals surface area (Å²) < 4.78 is 5.89. The molecule has 18 heavy (non-hydrogen) atoms. The number of ether oxygens (including phenoxy) is 1. The summed E-state index contributed by atoms with van der Waals surface area (Å²) in [5.41, 5.74) is 1.27. The summed E-state index contributed by atoms with van der Waals surface area (Å²) in [5, 5.41) is 3.44. The van der Waals surface area contributed by atoms with Crippen LogP contribution in [-0.4, -0.2) is 38.2 Å². The Hall–Kier alpha value is -1.06. The molecule has 3 nitrogen and oxygen atoms in total. The molecule has 1 aliphatic rings. The highest BCUT2D eigenvalue weighted by Crippen LogP contribution is 2.33. The Morgan fingerprint density at radius 2 is 2.11 bits per heavy atom. The molecule has 100 valence electrons. The van der Waals surface area contributed by atoms with E-state index in [-0.39, 0.29) is 0 Å². The first-order valence-corrected chi connectivity index (χ1v) is 6.72. The molecule has 0 amide bonds. The smallest absolute Gasteiger partial charge is 0.124 e. The lowest BCUT2D eigenvalue weighted by molar-refractivity contribution is 0.100. The number of hydrogen-bond acceptors (Lipinski definition) is 3. The van der Waals surface area contributed by atoms with Gasteiger partial charge >= 0.3 is 0 Å². The van der Waals surface area contributed by atoms with Crippen molar-refractivity contribution in [1.29, 1.82) is 0 Å². The highest BCUT2D eigenvalue weighted by molar-refractivity contribution is 5.38. The van der Waals surface area contributed by atoms with Gasteiger partial charge in [-0.25, -0.2) is 0 Å². The number of para-hydroxylation sites is 1. The van der Waals surface area contributed by atoms with E-state index in [1.165, 1.54) is 5.56 Å². The van der Waals surface area contributed by atoms with Gasteiger partial charge in [-0.05, 0) is 26.1 Å². The third-order valence-corrected chi connectivity index (χ3v) is 3.58. The first-order valence-electron chi connectivity index (χ1n) is 6.72. The fraction of sp³-hybridized carbons (Fsp3) is 0.600. The van der Waals surface area contributed by atoms with Gasteiger partial charge in [0.1, 0.15) is 12.4 Å². The first kappa shape index (κ1) is 13.4. The largest absolute Gasteiger partial charge is 0.492 e. The molecule has 0 radical (unpaired) electrons. The average Bonchev–Trinajstić information content (AvgIpc) is 2.36. The molecular formula is C15H24N2O. The number of hydrogen-bond donors (Lipinski definition) is 1. The van der Waals surface area contributed by atoms with E-state index in [4.69, 9.17) is 4.74 Å². The summed E-state index contributed by atoms with van der Waals surface area (Å²) in [6.45, 7) is 6.35. The van der Waals surface area contributed by atoms with E-state index < -0.39 is 0 Å². The molecule has 1 aromatic rings. The van der Waals surface area contributed by atoms with E-state index in [0.29, 0.717) is 18.0 Å². The Bertz CT molecular complexity index is 392. The van der Waals surface area contributed by atoms with Gasteiger partial charge in [0.05, 0.1) is 12.1 Å². The van der Waals surface area contributed by atoms with E-state index in [1.54, 1.807) is 0 Å². The molecule has 0 saturated carbocycles. The molecule has 2 atom stereocenters. The van der Waals surface area contributed by atoms with Crippen LogP contribution in [0, 0.1) is 5.92 Å². The Kier molecular flexibility index (Phi) is 4.25. The zero-order valence-corrected chi connectivity index (χ0v) is 11.8. The standard InChI is InChI=1S/C15H24N2O/c1-11(2)9-17(4)13-10-18-14-8-6-5-7-12(14)15(13)16-3/h5-8,11,13,15-16H,9-10H2,1-4H3. The summed E-state index contributed by atoms with van der Waals surface area (Å²) in [6.07, 6.45) is 0. The second kappa shape index (κ2) is 5.72. The van der Waals surface area contributed by atoms with E-state index >= 15 is 0 Å². The van der Waals surface area contributed by atoms with E-state index in [2.05, 4.69) is 49.3 Å². The second-order valence-electron chi connectivity index (χ2n) is 5.52. The highest BCUT2D eigenvalue weighted by atomic mass is 16.5. The van der Waals surface area contributed by atoms with Crippen LogP contribution in [0.1, 0.15) is 25.5 Å². The minimum Gasteiger partial charge on any atom is -0.492 e. The van der Waals surface area contributed by atoms with Crippen molar-refractivity contribution in [3.05, 3.63) is 29.8 Å². The lowest BCUT2D eigenvalue weighted by Gasteiger charge is -2.39. The van der Waals surface area contributed by atoms with Crippen LogP contribution >= 0.6 is 0 Å². The van der Waals surface area contributed by atoms with Gasteiger partial charge in [-0.15, -0.1) is 0 Å².